The Balaban J connectivity index is 4.78. The maximum Gasteiger partial charge on any atom is 0.0358 e. The van der Waals surface area contributed by atoms with Crippen molar-refractivity contribution < 1.29 is 0 Å². The van der Waals surface area contributed by atoms with Crippen LogP contribution in [0.25, 0.3) is 0 Å². The van der Waals surface area contributed by atoms with Crippen LogP contribution >= 0.6 is 0 Å². The molecule has 0 aliphatic rings. The van der Waals surface area contributed by atoms with Gasteiger partial charge in [-0.3, -0.25) is 0 Å². The number of hydrogen-bond donors (Lipinski definition) is 0. The molecule has 0 heterocycles. The molecule has 0 saturated carbocycles. The first kappa shape index (κ1) is 12.3. The first-order valence-electron chi connectivity index (χ1n) is 4.91. The van der Waals surface area contributed by atoms with Gasteiger partial charge in [0.25, 0.3) is 0 Å². The average molecular weight is 181 g/mol. The molecule has 76 valence electrons. The molecule has 0 rings (SSSR count). The summed E-state index contributed by atoms with van der Waals surface area (Å²) in [7, 11) is 0. The molecule has 0 aromatic heterocycles. The Bertz CT molecular complexity index is 202. The molecule has 1 heteroatoms. The zero-order valence-corrected chi connectivity index (χ0v) is 9.94. The fourth-order valence-corrected chi connectivity index (χ4v) is 1.19. The number of rotatable bonds is 3. The maximum atomic E-state index is 4.07. The molecule has 0 aromatic rings. The fourth-order valence-electron chi connectivity index (χ4n) is 1.19. The van der Waals surface area contributed by atoms with Crippen LogP contribution in [0, 0.1) is 0 Å². The lowest BCUT2D eigenvalue weighted by Crippen LogP contribution is -2.36. The van der Waals surface area contributed by atoms with E-state index in [-0.39, 0.29) is 5.54 Å². The molecule has 0 bridgehead atoms. The highest BCUT2D eigenvalue weighted by Gasteiger charge is 2.19. The smallest absolute Gasteiger partial charge is 0.0358 e. The molecule has 0 radical (unpaired) electrons. The summed E-state index contributed by atoms with van der Waals surface area (Å²) in [6.45, 7) is 17.0. The molecule has 0 spiro atoms. The molecule has 0 unspecified atom stereocenters. The van der Waals surface area contributed by atoms with Crippen LogP contribution in [0.3, 0.4) is 0 Å². The van der Waals surface area contributed by atoms with E-state index in [9.17, 15) is 0 Å². The van der Waals surface area contributed by atoms with Gasteiger partial charge in [-0.1, -0.05) is 19.1 Å². The molecular weight excluding hydrogens is 158 g/mol. The molecule has 0 N–H and O–H groups in total. The quantitative estimate of drug-likeness (QED) is 0.637. The predicted octanol–water partition coefficient (Wildman–Crippen LogP) is 3.93. The zero-order valence-electron chi connectivity index (χ0n) is 9.94. The van der Waals surface area contributed by atoms with Gasteiger partial charge in [-0.05, 0) is 41.0 Å². The summed E-state index contributed by atoms with van der Waals surface area (Å²) in [6, 6.07) is 0. The van der Waals surface area contributed by atoms with Crippen molar-refractivity contribution >= 4 is 0 Å². The fraction of sp³-hybridized carbons (Fsp3) is 0.667. The van der Waals surface area contributed by atoms with Gasteiger partial charge >= 0.3 is 0 Å². The highest BCUT2D eigenvalue weighted by Crippen LogP contribution is 2.21. The summed E-state index contributed by atoms with van der Waals surface area (Å²) < 4.78 is 0. The molecule has 0 fully saturated rings. The van der Waals surface area contributed by atoms with Crippen molar-refractivity contribution in [3.63, 3.8) is 0 Å². The molecule has 13 heavy (non-hydrogen) atoms. The van der Waals surface area contributed by atoms with E-state index >= 15 is 0 Å². The van der Waals surface area contributed by atoms with Crippen LogP contribution in [0.5, 0.6) is 0 Å². The van der Waals surface area contributed by atoms with Crippen LogP contribution in [0.15, 0.2) is 24.0 Å². The lowest BCUT2D eigenvalue weighted by Gasteiger charge is -2.36. The normalized spacial score (nSPS) is 10.9. The SMILES string of the molecule is C=C(CC)N(C=C(C)C)C(C)(C)C. The highest BCUT2D eigenvalue weighted by molar-refractivity contribution is 5.08. The summed E-state index contributed by atoms with van der Waals surface area (Å²) in [4.78, 5) is 2.25. The topological polar surface area (TPSA) is 3.24 Å². The second-order valence-corrected chi connectivity index (χ2v) is 4.67. The first-order valence-corrected chi connectivity index (χ1v) is 4.91. The van der Waals surface area contributed by atoms with Gasteiger partial charge in [0.1, 0.15) is 0 Å². The van der Waals surface area contributed by atoms with Crippen molar-refractivity contribution in [2.75, 3.05) is 0 Å². The number of hydrogen-bond acceptors (Lipinski definition) is 1. The third kappa shape index (κ3) is 4.16. The van der Waals surface area contributed by atoms with E-state index in [1.807, 2.05) is 0 Å². The largest absolute Gasteiger partial charge is 0.347 e. The van der Waals surface area contributed by atoms with Gasteiger partial charge in [0.15, 0.2) is 0 Å². The molecule has 0 aromatic carbocycles. The Hall–Kier alpha value is -0.720. The van der Waals surface area contributed by atoms with Gasteiger partial charge in [-0.25, -0.2) is 0 Å². The van der Waals surface area contributed by atoms with Crippen molar-refractivity contribution in [2.24, 2.45) is 0 Å². The second-order valence-electron chi connectivity index (χ2n) is 4.67. The van der Waals surface area contributed by atoms with Crippen LogP contribution < -0.4 is 0 Å². The van der Waals surface area contributed by atoms with Crippen LogP contribution in [0.1, 0.15) is 48.0 Å². The summed E-state index contributed by atoms with van der Waals surface area (Å²) >= 11 is 0. The van der Waals surface area contributed by atoms with Crippen molar-refractivity contribution in [1.29, 1.82) is 0 Å². The van der Waals surface area contributed by atoms with E-state index in [2.05, 4.69) is 59.2 Å². The molecule has 0 aliphatic carbocycles. The third-order valence-corrected chi connectivity index (χ3v) is 1.86. The summed E-state index contributed by atoms with van der Waals surface area (Å²) in [5.41, 5.74) is 2.61. The minimum Gasteiger partial charge on any atom is -0.347 e. The van der Waals surface area contributed by atoms with Crippen LogP contribution in [-0.4, -0.2) is 10.4 Å². The Labute approximate surface area is 83.1 Å². The summed E-state index contributed by atoms with van der Waals surface area (Å²) in [5.74, 6) is 0. The van der Waals surface area contributed by atoms with Crippen molar-refractivity contribution in [3.05, 3.63) is 24.0 Å². The lowest BCUT2D eigenvalue weighted by atomic mass is 10.0. The van der Waals surface area contributed by atoms with Gasteiger partial charge in [0, 0.05) is 17.4 Å². The van der Waals surface area contributed by atoms with E-state index < -0.39 is 0 Å². The van der Waals surface area contributed by atoms with Crippen LogP contribution in [-0.2, 0) is 0 Å². The summed E-state index contributed by atoms with van der Waals surface area (Å²) in [5, 5.41) is 0. The van der Waals surface area contributed by atoms with Crippen LogP contribution in [0.4, 0.5) is 0 Å². The van der Waals surface area contributed by atoms with Gasteiger partial charge in [0.05, 0.1) is 0 Å². The Morgan fingerprint density at radius 2 is 1.77 bits per heavy atom. The molecule has 1 nitrogen and oxygen atoms in total. The van der Waals surface area contributed by atoms with Crippen molar-refractivity contribution in [1.82, 2.24) is 4.90 Å². The van der Waals surface area contributed by atoms with E-state index in [0.29, 0.717) is 0 Å². The minimum absolute atomic E-state index is 0.129. The monoisotopic (exact) mass is 181 g/mol. The van der Waals surface area contributed by atoms with Crippen LogP contribution in [0.2, 0.25) is 0 Å². The van der Waals surface area contributed by atoms with Gasteiger partial charge < -0.3 is 4.90 Å². The Morgan fingerprint density at radius 1 is 1.31 bits per heavy atom. The predicted molar refractivity (Wildman–Crippen MR) is 60.5 cm³/mol. The first-order chi connectivity index (χ1) is 5.79. The van der Waals surface area contributed by atoms with Gasteiger partial charge in [-0.15, -0.1) is 0 Å². The average Bonchev–Trinajstić information content (AvgIpc) is 1.96. The zero-order chi connectivity index (χ0) is 10.6. The standard InChI is InChI=1S/C12H23N/c1-8-11(4)13(9-10(2)3)12(5,6)7/h9H,4,8H2,1-3,5-7H3. The highest BCUT2D eigenvalue weighted by atomic mass is 15.2. The Morgan fingerprint density at radius 3 is 2.00 bits per heavy atom. The molecule has 0 atom stereocenters. The third-order valence-electron chi connectivity index (χ3n) is 1.86. The second kappa shape index (κ2) is 4.50. The van der Waals surface area contributed by atoms with Gasteiger partial charge in [0.2, 0.25) is 0 Å². The van der Waals surface area contributed by atoms with E-state index in [4.69, 9.17) is 0 Å². The maximum absolute atomic E-state index is 4.07. The van der Waals surface area contributed by atoms with E-state index in [0.717, 1.165) is 6.42 Å². The molecule has 0 amide bonds. The summed E-state index contributed by atoms with van der Waals surface area (Å²) in [6.07, 6.45) is 3.17. The molecule has 0 aliphatic heterocycles. The van der Waals surface area contributed by atoms with Crippen molar-refractivity contribution in [3.8, 4) is 0 Å². The van der Waals surface area contributed by atoms with E-state index in [1.54, 1.807) is 0 Å². The molecular formula is C12H23N. The minimum atomic E-state index is 0.129. The van der Waals surface area contributed by atoms with Crippen molar-refractivity contribution in [2.45, 2.75) is 53.5 Å². The molecule has 0 saturated heterocycles. The number of nitrogens with zero attached hydrogens (tertiary/aromatic N) is 1. The van der Waals surface area contributed by atoms with E-state index in [1.165, 1.54) is 11.3 Å². The van der Waals surface area contributed by atoms with Gasteiger partial charge in [-0.2, -0.15) is 0 Å². The number of allylic oxidation sites excluding steroid dienone is 2. The lowest BCUT2D eigenvalue weighted by molar-refractivity contribution is 0.252. The Kier molecular flexibility index (Phi) is 4.25.